The number of hydrogen-bond donors (Lipinski definition) is 1. The average molecular weight is 316 g/mol. The molecule has 2 aromatic heterocycles. The zero-order chi connectivity index (χ0) is 15.5. The summed E-state index contributed by atoms with van der Waals surface area (Å²) >= 11 is 1.58. The Bertz CT molecular complexity index is 843. The molecule has 2 aromatic rings. The molecule has 4 heterocycles. The number of nitrogens with zero attached hydrogens (tertiary/aromatic N) is 3. The average Bonchev–Trinajstić information content (AvgIpc) is 3.00. The third kappa shape index (κ3) is 1.54. The maximum Gasteiger partial charge on any atom is 0.352 e. The summed E-state index contributed by atoms with van der Waals surface area (Å²) < 4.78 is 3.86. The third-order valence-corrected chi connectivity index (χ3v) is 5.73. The lowest BCUT2D eigenvalue weighted by Gasteiger charge is -2.50. The van der Waals surface area contributed by atoms with Gasteiger partial charge in [-0.05, 0) is 18.2 Å². The SMILES string of the molecule is CC1([n+]2ccn3cccc3c2)C(=O)N2C(C(=O)O)=CCS[C@H]21. The molecule has 1 saturated heterocycles. The number of rotatable bonds is 2. The van der Waals surface area contributed by atoms with Crippen LogP contribution in [0.15, 0.2) is 48.7 Å². The van der Waals surface area contributed by atoms with E-state index in [1.165, 1.54) is 4.90 Å². The van der Waals surface area contributed by atoms with Crippen LogP contribution in [0.5, 0.6) is 0 Å². The Morgan fingerprint density at radius 1 is 1.50 bits per heavy atom. The van der Waals surface area contributed by atoms with Gasteiger partial charge in [0.15, 0.2) is 17.8 Å². The highest BCUT2D eigenvalue weighted by molar-refractivity contribution is 8.00. The molecule has 0 radical (unpaired) electrons. The van der Waals surface area contributed by atoms with Crippen molar-refractivity contribution in [2.45, 2.75) is 17.8 Å². The Morgan fingerprint density at radius 3 is 3.09 bits per heavy atom. The van der Waals surface area contributed by atoms with Crippen molar-refractivity contribution >= 4 is 29.2 Å². The van der Waals surface area contributed by atoms with Crippen molar-refractivity contribution in [3.05, 3.63) is 48.7 Å². The zero-order valence-corrected chi connectivity index (χ0v) is 12.7. The van der Waals surface area contributed by atoms with E-state index in [0.717, 1.165) is 5.52 Å². The van der Waals surface area contributed by atoms with Crippen LogP contribution in [-0.2, 0) is 15.1 Å². The van der Waals surface area contributed by atoms with Crippen LogP contribution in [0.1, 0.15) is 6.92 Å². The first-order valence-corrected chi connectivity index (χ1v) is 7.95. The van der Waals surface area contributed by atoms with Gasteiger partial charge in [0.25, 0.3) is 5.54 Å². The quantitative estimate of drug-likeness (QED) is 0.658. The second-order valence-corrected chi connectivity index (χ2v) is 6.69. The Morgan fingerprint density at radius 2 is 2.32 bits per heavy atom. The second-order valence-electron chi connectivity index (χ2n) is 5.58. The smallest absolute Gasteiger partial charge is 0.352 e. The lowest BCUT2D eigenvalue weighted by molar-refractivity contribution is -0.755. The summed E-state index contributed by atoms with van der Waals surface area (Å²) in [6.07, 6.45) is 9.23. The molecule has 2 aliphatic rings. The van der Waals surface area contributed by atoms with Gasteiger partial charge in [-0.1, -0.05) is 0 Å². The summed E-state index contributed by atoms with van der Waals surface area (Å²) in [4.78, 5) is 25.4. The van der Waals surface area contributed by atoms with Crippen molar-refractivity contribution in [3.8, 4) is 0 Å². The van der Waals surface area contributed by atoms with Crippen LogP contribution in [0, 0.1) is 0 Å². The minimum absolute atomic E-state index is 0.0931. The van der Waals surface area contributed by atoms with Crippen LogP contribution < -0.4 is 4.57 Å². The van der Waals surface area contributed by atoms with E-state index in [1.54, 1.807) is 17.8 Å². The van der Waals surface area contributed by atoms with Crippen LogP contribution in [0.3, 0.4) is 0 Å². The molecule has 0 aromatic carbocycles. The Kier molecular flexibility index (Phi) is 2.65. The molecule has 0 bridgehead atoms. The summed E-state index contributed by atoms with van der Waals surface area (Å²) in [6.45, 7) is 1.87. The van der Waals surface area contributed by atoms with Gasteiger partial charge in [-0.2, -0.15) is 4.57 Å². The molecule has 1 N–H and O–H groups in total. The first kappa shape index (κ1) is 13.4. The first-order valence-electron chi connectivity index (χ1n) is 6.90. The van der Waals surface area contributed by atoms with Crippen LogP contribution in [0.4, 0.5) is 0 Å². The molecule has 0 spiro atoms. The van der Waals surface area contributed by atoms with Gasteiger partial charge in [0.2, 0.25) is 0 Å². The molecular weight excluding hydrogens is 302 g/mol. The summed E-state index contributed by atoms with van der Waals surface area (Å²) in [6, 6.07) is 3.91. The van der Waals surface area contributed by atoms with Crippen LogP contribution in [-0.4, -0.2) is 37.4 Å². The van der Waals surface area contributed by atoms with E-state index < -0.39 is 11.5 Å². The molecule has 2 atom stereocenters. The predicted octanol–water partition coefficient (Wildman–Crippen LogP) is 0.826. The maximum absolute atomic E-state index is 12.7. The van der Waals surface area contributed by atoms with Gasteiger partial charge in [-0.15, -0.1) is 11.8 Å². The number of carboxylic acid groups (broad SMARTS) is 1. The number of β-lactam (4-membered cyclic amide) rings is 1. The van der Waals surface area contributed by atoms with E-state index in [9.17, 15) is 14.7 Å². The zero-order valence-electron chi connectivity index (χ0n) is 11.8. The van der Waals surface area contributed by atoms with Crippen LogP contribution >= 0.6 is 11.8 Å². The number of carboxylic acids is 1. The van der Waals surface area contributed by atoms with E-state index >= 15 is 0 Å². The fraction of sp³-hybridized carbons (Fsp3) is 0.267. The molecule has 6 nitrogen and oxygen atoms in total. The van der Waals surface area contributed by atoms with E-state index in [-0.39, 0.29) is 17.0 Å². The number of amides is 1. The lowest BCUT2D eigenvalue weighted by Crippen LogP contribution is -2.80. The van der Waals surface area contributed by atoms with Crippen LogP contribution in [0.25, 0.3) is 5.52 Å². The number of fused-ring (bicyclic) bond motifs is 2. The molecule has 0 saturated carbocycles. The topological polar surface area (TPSA) is 65.9 Å². The predicted molar refractivity (Wildman–Crippen MR) is 80.1 cm³/mol. The number of carbonyl (C=O) groups is 2. The van der Waals surface area contributed by atoms with Gasteiger partial charge < -0.3 is 9.51 Å². The maximum atomic E-state index is 12.7. The summed E-state index contributed by atoms with van der Waals surface area (Å²) in [5.41, 5.74) is 0.325. The fourth-order valence-electron chi connectivity index (χ4n) is 3.13. The van der Waals surface area contributed by atoms with E-state index in [0.29, 0.717) is 5.75 Å². The fourth-order valence-corrected chi connectivity index (χ4v) is 4.47. The second kappa shape index (κ2) is 4.36. The van der Waals surface area contributed by atoms with Gasteiger partial charge in [-0.3, -0.25) is 9.69 Å². The highest BCUT2D eigenvalue weighted by atomic mass is 32.2. The van der Waals surface area contributed by atoms with Gasteiger partial charge in [-0.25, -0.2) is 4.79 Å². The van der Waals surface area contributed by atoms with E-state index in [1.807, 2.05) is 52.8 Å². The van der Waals surface area contributed by atoms with Gasteiger partial charge >= 0.3 is 11.9 Å². The summed E-state index contributed by atoms with van der Waals surface area (Å²) in [5.74, 6) is -0.633. The molecule has 1 unspecified atom stereocenters. The van der Waals surface area contributed by atoms with Crippen molar-refractivity contribution in [1.82, 2.24) is 9.30 Å². The third-order valence-electron chi connectivity index (χ3n) is 4.38. The van der Waals surface area contributed by atoms with Gasteiger partial charge in [0, 0.05) is 18.9 Å². The normalized spacial score (nSPS) is 27.3. The molecule has 4 rings (SSSR count). The monoisotopic (exact) mass is 316 g/mol. The standard InChI is InChI=1S/C15H13N3O3S/c1-15(17-7-6-16-5-2-3-10(16)9-17)13(21)18-11(12(19)20)4-8-22-14(15)18/h2-7,9,14H,8H2,1H3/p+1/t14-,15?/m0/s1. The van der Waals surface area contributed by atoms with E-state index in [4.69, 9.17) is 0 Å². The molecule has 7 heteroatoms. The Labute approximate surface area is 130 Å². The Hall–Kier alpha value is -2.28. The number of carbonyl (C=O) groups excluding carboxylic acids is 1. The summed E-state index contributed by atoms with van der Waals surface area (Å²) in [7, 11) is 0. The largest absolute Gasteiger partial charge is 0.477 e. The van der Waals surface area contributed by atoms with Gasteiger partial charge in [0.05, 0.1) is 6.20 Å². The lowest BCUT2D eigenvalue weighted by atomic mass is 9.88. The van der Waals surface area contributed by atoms with Crippen molar-refractivity contribution in [3.63, 3.8) is 0 Å². The van der Waals surface area contributed by atoms with Crippen molar-refractivity contribution < 1.29 is 19.3 Å². The first-order chi connectivity index (χ1) is 10.5. The minimum Gasteiger partial charge on any atom is -0.477 e. The molecule has 2 aliphatic heterocycles. The van der Waals surface area contributed by atoms with E-state index in [2.05, 4.69) is 0 Å². The number of thioether (sulfide) groups is 1. The number of aliphatic carboxylic acids is 1. The van der Waals surface area contributed by atoms with Crippen LogP contribution in [0.2, 0.25) is 0 Å². The molecule has 1 amide bonds. The van der Waals surface area contributed by atoms with Gasteiger partial charge in [0.1, 0.15) is 11.2 Å². The minimum atomic E-state index is -1.05. The number of hydrogen-bond acceptors (Lipinski definition) is 3. The van der Waals surface area contributed by atoms with Crippen molar-refractivity contribution in [1.29, 1.82) is 0 Å². The van der Waals surface area contributed by atoms with Crippen molar-refractivity contribution in [2.24, 2.45) is 0 Å². The molecular formula is C15H14N3O3S+. The Balaban J connectivity index is 1.77. The highest BCUT2D eigenvalue weighted by Crippen LogP contribution is 2.45. The van der Waals surface area contributed by atoms with Crippen molar-refractivity contribution in [2.75, 3.05) is 5.75 Å². The molecule has 112 valence electrons. The highest BCUT2D eigenvalue weighted by Gasteiger charge is 2.68. The molecule has 1 fully saturated rings. The molecule has 0 aliphatic carbocycles. The number of aromatic nitrogens is 2. The summed E-state index contributed by atoms with van der Waals surface area (Å²) in [5, 5.41) is 9.06. The molecule has 22 heavy (non-hydrogen) atoms.